The van der Waals surface area contributed by atoms with Crippen LogP contribution < -0.4 is 5.32 Å². The highest BCUT2D eigenvalue weighted by Crippen LogP contribution is 2.40. The zero-order valence-electron chi connectivity index (χ0n) is 19.7. The lowest BCUT2D eigenvalue weighted by molar-refractivity contribution is -0.150. The Morgan fingerprint density at radius 2 is 1.64 bits per heavy atom. The summed E-state index contributed by atoms with van der Waals surface area (Å²) in [5.74, 6) is 0.118. The Hall–Kier alpha value is -2.34. The SMILES string of the molecule is CCCC(CC)(C(=O)OCC)c1cc(-c2ccc(C(F)(F)F)cc2)cc(C2CCNCC2)c1. The maximum Gasteiger partial charge on any atom is 0.416 e. The molecule has 0 saturated carbocycles. The van der Waals surface area contributed by atoms with Gasteiger partial charge < -0.3 is 10.1 Å². The number of rotatable bonds is 8. The largest absolute Gasteiger partial charge is 0.465 e. The van der Waals surface area contributed by atoms with Crippen LogP contribution in [0.5, 0.6) is 0 Å². The van der Waals surface area contributed by atoms with E-state index in [0.29, 0.717) is 30.9 Å². The van der Waals surface area contributed by atoms with E-state index in [4.69, 9.17) is 4.74 Å². The molecule has 33 heavy (non-hydrogen) atoms. The van der Waals surface area contributed by atoms with Gasteiger partial charge in [0, 0.05) is 0 Å². The number of piperidine rings is 1. The summed E-state index contributed by atoms with van der Waals surface area (Å²) in [5, 5.41) is 3.38. The summed E-state index contributed by atoms with van der Waals surface area (Å²) in [7, 11) is 0. The first-order valence-electron chi connectivity index (χ1n) is 12.0. The summed E-state index contributed by atoms with van der Waals surface area (Å²) in [6, 6.07) is 11.5. The summed E-state index contributed by atoms with van der Waals surface area (Å²) in [6.07, 6.45) is -0.320. The molecule has 1 saturated heterocycles. The molecular formula is C27H34F3NO2. The highest BCUT2D eigenvalue weighted by Gasteiger charge is 2.40. The molecule has 180 valence electrons. The standard InChI is InChI=1S/C27H34F3NO2/c1-4-13-26(5-2,25(32)33-6-3)24-17-21(16-22(18-24)20-11-14-31-15-12-20)19-7-9-23(10-8-19)27(28,29)30/h7-10,16-18,20,31H,4-6,11-15H2,1-3H3. The minimum atomic E-state index is -4.37. The van der Waals surface area contributed by atoms with Gasteiger partial charge in [0.25, 0.3) is 0 Å². The molecule has 0 aromatic heterocycles. The van der Waals surface area contributed by atoms with E-state index < -0.39 is 17.2 Å². The van der Waals surface area contributed by atoms with Crippen molar-refractivity contribution < 1.29 is 22.7 Å². The van der Waals surface area contributed by atoms with E-state index >= 15 is 0 Å². The van der Waals surface area contributed by atoms with Crippen molar-refractivity contribution in [3.8, 4) is 11.1 Å². The molecule has 6 heteroatoms. The molecule has 1 fully saturated rings. The molecule has 1 aliphatic rings. The highest BCUT2D eigenvalue weighted by atomic mass is 19.4. The first-order chi connectivity index (χ1) is 15.7. The van der Waals surface area contributed by atoms with Crippen molar-refractivity contribution in [2.75, 3.05) is 19.7 Å². The van der Waals surface area contributed by atoms with Crippen molar-refractivity contribution >= 4 is 5.97 Å². The van der Waals surface area contributed by atoms with Gasteiger partial charge in [-0.3, -0.25) is 4.79 Å². The fraction of sp³-hybridized carbons (Fsp3) is 0.519. The lowest BCUT2D eigenvalue weighted by atomic mass is 9.72. The van der Waals surface area contributed by atoms with Crippen molar-refractivity contribution in [3.05, 3.63) is 59.2 Å². The van der Waals surface area contributed by atoms with Crippen LogP contribution in [0.3, 0.4) is 0 Å². The monoisotopic (exact) mass is 461 g/mol. The Morgan fingerprint density at radius 3 is 2.18 bits per heavy atom. The van der Waals surface area contributed by atoms with Crippen LogP contribution in [0.25, 0.3) is 11.1 Å². The second-order valence-electron chi connectivity index (χ2n) is 8.85. The molecule has 1 unspecified atom stereocenters. The van der Waals surface area contributed by atoms with E-state index in [1.165, 1.54) is 12.1 Å². The Labute approximate surface area is 194 Å². The summed E-state index contributed by atoms with van der Waals surface area (Å²) >= 11 is 0. The van der Waals surface area contributed by atoms with Gasteiger partial charge in [0.1, 0.15) is 0 Å². The number of ether oxygens (including phenoxy) is 1. The molecule has 0 radical (unpaired) electrons. The average molecular weight is 462 g/mol. The van der Waals surface area contributed by atoms with E-state index in [1.807, 2.05) is 19.9 Å². The van der Waals surface area contributed by atoms with Crippen LogP contribution in [0, 0.1) is 0 Å². The maximum atomic E-state index is 13.2. The van der Waals surface area contributed by atoms with Gasteiger partial charge in [0.2, 0.25) is 0 Å². The third kappa shape index (κ3) is 5.60. The maximum absolute atomic E-state index is 13.2. The molecular weight excluding hydrogens is 427 g/mol. The number of carbonyl (C=O) groups is 1. The molecule has 1 aliphatic heterocycles. The number of esters is 1. The number of hydrogen-bond donors (Lipinski definition) is 1. The Kier molecular flexibility index (Phi) is 8.22. The second kappa shape index (κ2) is 10.7. The van der Waals surface area contributed by atoms with Gasteiger partial charge in [-0.2, -0.15) is 13.2 Å². The van der Waals surface area contributed by atoms with Crippen molar-refractivity contribution in [1.29, 1.82) is 0 Å². The van der Waals surface area contributed by atoms with E-state index in [9.17, 15) is 18.0 Å². The third-order valence-electron chi connectivity index (χ3n) is 6.81. The molecule has 1 heterocycles. The van der Waals surface area contributed by atoms with E-state index in [2.05, 4.69) is 24.4 Å². The number of halogens is 3. The van der Waals surface area contributed by atoms with Gasteiger partial charge in [-0.05, 0) is 92.1 Å². The fourth-order valence-corrected chi connectivity index (χ4v) is 4.92. The lowest BCUT2D eigenvalue weighted by Crippen LogP contribution is -2.37. The summed E-state index contributed by atoms with van der Waals surface area (Å²) in [5.41, 5.74) is 2.16. The van der Waals surface area contributed by atoms with Crippen LogP contribution >= 0.6 is 0 Å². The van der Waals surface area contributed by atoms with Gasteiger partial charge in [-0.25, -0.2) is 0 Å². The Morgan fingerprint density at radius 1 is 0.970 bits per heavy atom. The zero-order valence-corrected chi connectivity index (χ0v) is 19.7. The molecule has 0 amide bonds. The fourth-order valence-electron chi connectivity index (χ4n) is 4.92. The predicted octanol–water partition coefficient (Wildman–Crippen LogP) is 6.85. The predicted molar refractivity (Wildman–Crippen MR) is 125 cm³/mol. The van der Waals surface area contributed by atoms with E-state index in [0.717, 1.165) is 61.2 Å². The van der Waals surface area contributed by atoms with Crippen molar-refractivity contribution in [2.24, 2.45) is 0 Å². The molecule has 0 bridgehead atoms. The zero-order chi connectivity index (χ0) is 24.1. The van der Waals surface area contributed by atoms with E-state index in [-0.39, 0.29) is 5.97 Å². The smallest absolute Gasteiger partial charge is 0.416 e. The van der Waals surface area contributed by atoms with Crippen LogP contribution in [0.1, 0.15) is 75.5 Å². The van der Waals surface area contributed by atoms with Crippen molar-refractivity contribution in [2.45, 2.75) is 70.4 Å². The van der Waals surface area contributed by atoms with Gasteiger partial charge >= 0.3 is 12.1 Å². The quantitative estimate of drug-likeness (QED) is 0.437. The number of alkyl halides is 3. The molecule has 1 N–H and O–H groups in total. The van der Waals surface area contributed by atoms with Gasteiger partial charge in [-0.1, -0.05) is 44.5 Å². The molecule has 1 atom stereocenters. The van der Waals surface area contributed by atoms with Gasteiger partial charge in [0.05, 0.1) is 17.6 Å². The summed E-state index contributed by atoms with van der Waals surface area (Å²) in [4.78, 5) is 13.2. The third-order valence-corrected chi connectivity index (χ3v) is 6.81. The van der Waals surface area contributed by atoms with Crippen LogP contribution in [0.2, 0.25) is 0 Å². The minimum absolute atomic E-state index is 0.227. The molecule has 0 aliphatic carbocycles. The Balaban J connectivity index is 2.15. The van der Waals surface area contributed by atoms with Crippen LogP contribution in [0.4, 0.5) is 13.2 Å². The Bertz CT molecular complexity index is 933. The van der Waals surface area contributed by atoms with Crippen molar-refractivity contribution in [3.63, 3.8) is 0 Å². The minimum Gasteiger partial charge on any atom is -0.465 e. The van der Waals surface area contributed by atoms with Crippen LogP contribution in [-0.4, -0.2) is 25.7 Å². The van der Waals surface area contributed by atoms with Crippen LogP contribution in [0.15, 0.2) is 42.5 Å². The van der Waals surface area contributed by atoms with Crippen LogP contribution in [-0.2, 0) is 21.1 Å². The topological polar surface area (TPSA) is 38.3 Å². The summed E-state index contributed by atoms with van der Waals surface area (Å²) in [6.45, 7) is 8.03. The molecule has 3 rings (SSSR count). The van der Waals surface area contributed by atoms with Gasteiger partial charge in [0.15, 0.2) is 0 Å². The number of nitrogens with one attached hydrogen (secondary N) is 1. The normalized spacial score (nSPS) is 16.9. The lowest BCUT2D eigenvalue weighted by Gasteiger charge is -2.33. The van der Waals surface area contributed by atoms with Gasteiger partial charge in [-0.15, -0.1) is 0 Å². The van der Waals surface area contributed by atoms with Crippen molar-refractivity contribution in [1.82, 2.24) is 5.32 Å². The number of benzene rings is 2. The first-order valence-corrected chi connectivity index (χ1v) is 12.0. The molecule has 0 spiro atoms. The molecule has 3 nitrogen and oxygen atoms in total. The molecule has 2 aromatic rings. The van der Waals surface area contributed by atoms with E-state index in [1.54, 1.807) is 0 Å². The first kappa shape index (κ1) is 25.3. The number of carbonyl (C=O) groups excluding carboxylic acids is 1. The average Bonchev–Trinajstić information content (AvgIpc) is 2.82. The highest BCUT2D eigenvalue weighted by molar-refractivity contribution is 5.84. The second-order valence-corrected chi connectivity index (χ2v) is 8.85. The number of hydrogen-bond acceptors (Lipinski definition) is 3. The molecule has 2 aromatic carbocycles. The summed E-state index contributed by atoms with van der Waals surface area (Å²) < 4.78 is 44.8.